The second-order valence-electron chi connectivity index (χ2n) is 6.44. The van der Waals surface area contributed by atoms with Crippen LogP contribution in [0, 0.1) is 27.7 Å². The normalized spacial score (nSPS) is 11.7. The van der Waals surface area contributed by atoms with Gasteiger partial charge in [0.05, 0.1) is 6.54 Å². The number of amides is 1. The van der Waals surface area contributed by atoms with Crippen molar-refractivity contribution < 1.29 is 14.3 Å². The molecule has 0 heterocycles. The number of rotatable bonds is 7. The van der Waals surface area contributed by atoms with Crippen molar-refractivity contribution in [3.05, 3.63) is 58.7 Å². The standard InChI is InChI=1S/C21H27NO3/c1-14-7-9-19(17(4)12-14)25-18(5)21(23)22-10-11-24-20-13-15(2)6-8-16(20)3/h6-9,12-13,18H,10-11H2,1-5H3,(H,22,23)/t18-/m1/s1. The average molecular weight is 341 g/mol. The highest BCUT2D eigenvalue weighted by Gasteiger charge is 2.15. The van der Waals surface area contributed by atoms with Gasteiger partial charge in [0.25, 0.3) is 5.91 Å². The molecular formula is C21H27NO3. The Labute approximate surface area is 150 Å². The number of aryl methyl sites for hydroxylation is 4. The number of hydrogen-bond acceptors (Lipinski definition) is 3. The van der Waals surface area contributed by atoms with Gasteiger partial charge in [0.2, 0.25) is 0 Å². The van der Waals surface area contributed by atoms with E-state index in [9.17, 15) is 4.79 Å². The number of carbonyl (C=O) groups excluding carboxylic acids is 1. The summed E-state index contributed by atoms with van der Waals surface area (Å²) in [6.45, 7) is 10.7. The van der Waals surface area contributed by atoms with Crippen LogP contribution in [0.2, 0.25) is 0 Å². The minimum absolute atomic E-state index is 0.149. The lowest BCUT2D eigenvalue weighted by molar-refractivity contribution is -0.127. The van der Waals surface area contributed by atoms with Crippen molar-refractivity contribution in [3.63, 3.8) is 0 Å². The second kappa shape index (κ2) is 8.56. The SMILES string of the molecule is Cc1ccc(O[C@H](C)C(=O)NCCOc2cc(C)ccc2C)c(C)c1. The summed E-state index contributed by atoms with van der Waals surface area (Å²) in [5.74, 6) is 1.44. The van der Waals surface area contributed by atoms with Gasteiger partial charge >= 0.3 is 0 Å². The van der Waals surface area contributed by atoms with E-state index in [1.54, 1.807) is 6.92 Å². The fourth-order valence-electron chi connectivity index (χ4n) is 2.52. The summed E-state index contributed by atoms with van der Waals surface area (Å²) in [5, 5.41) is 2.85. The van der Waals surface area contributed by atoms with Gasteiger partial charge in [0.1, 0.15) is 18.1 Å². The topological polar surface area (TPSA) is 47.6 Å². The Balaban J connectivity index is 1.78. The number of ether oxygens (including phenoxy) is 2. The van der Waals surface area contributed by atoms with Gasteiger partial charge in [-0.25, -0.2) is 0 Å². The van der Waals surface area contributed by atoms with Gasteiger partial charge in [-0.05, 0) is 63.4 Å². The lowest BCUT2D eigenvalue weighted by Gasteiger charge is -2.17. The van der Waals surface area contributed by atoms with E-state index in [1.165, 1.54) is 5.56 Å². The molecule has 0 spiro atoms. The number of benzene rings is 2. The first-order valence-electron chi connectivity index (χ1n) is 8.58. The molecule has 0 aliphatic heterocycles. The molecule has 25 heavy (non-hydrogen) atoms. The zero-order valence-corrected chi connectivity index (χ0v) is 15.7. The van der Waals surface area contributed by atoms with Gasteiger partial charge in [0, 0.05) is 0 Å². The second-order valence-corrected chi connectivity index (χ2v) is 6.44. The van der Waals surface area contributed by atoms with Crippen LogP contribution < -0.4 is 14.8 Å². The van der Waals surface area contributed by atoms with E-state index in [2.05, 4.69) is 11.4 Å². The summed E-state index contributed by atoms with van der Waals surface area (Å²) < 4.78 is 11.5. The largest absolute Gasteiger partial charge is 0.491 e. The Morgan fingerprint density at radius 2 is 1.64 bits per heavy atom. The van der Waals surface area contributed by atoms with E-state index in [0.717, 1.165) is 28.2 Å². The summed E-state index contributed by atoms with van der Waals surface area (Å²) >= 11 is 0. The number of hydrogen-bond donors (Lipinski definition) is 1. The predicted octanol–water partition coefficient (Wildman–Crippen LogP) is 3.88. The first-order chi connectivity index (χ1) is 11.9. The maximum atomic E-state index is 12.2. The monoisotopic (exact) mass is 341 g/mol. The lowest BCUT2D eigenvalue weighted by Crippen LogP contribution is -2.38. The molecule has 4 nitrogen and oxygen atoms in total. The first-order valence-corrected chi connectivity index (χ1v) is 8.58. The van der Waals surface area contributed by atoms with Crippen LogP contribution in [0.4, 0.5) is 0 Å². The van der Waals surface area contributed by atoms with Crippen LogP contribution in [0.1, 0.15) is 29.2 Å². The zero-order chi connectivity index (χ0) is 18.4. The maximum Gasteiger partial charge on any atom is 0.260 e. The molecule has 0 aliphatic carbocycles. The maximum absolute atomic E-state index is 12.2. The molecule has 0 radical (unpaired) electrons. The van der Waals surface area contributed by atoms with E-state index < -0.39 is 6.10 Å². The Bertz CT molecular complexity index is 740. The van der Waals surface area contributed by atoms with E-state index in [1.807, 2.05) is 58.0 Å². The van der Waals surface area contributed by atoms with E-state index in [-0.39, 0.29) is 5.91 Å². The molecule has 0 unspecified atom stereocenters. The molecule has 1 atom stereocenters. The molecule has 2 rings (SSSR count). The van der Waals surface area contributed by atoms with Crippen molar-refractivity contribution in [1.29, 1.82) is 0 Å². The minimum Gasteiger partial charge on any atom is -0.491 e. The summed E-state index contributed by atoms with van der Waals surface area (Å²) in [4.78, 5) is 12.2. The molecule has 0 bridgehead atoms. The van der Waals surface area contributed by atoms with Gasteiger partial charge < -0.3 is 14.8 Å². The molecule has 0 aromatic heterocycles. The smallest absolute Gasteiger partial charge is 0.260 e. The molecule has 2 aromatic rings. The van der Waals surface area contributed by atoms with E-state index in [4.69, 9.17) is 9.47 Å². The predicted molar refractivity (Wildman–Crippen MR) is 100 cm³/mol. The Morgan fingerprint density at radius 1 is 0.960 bits per heavy atom. The third kappa shape index (κ3) is 5.52. The number of nitrogens with one attached hydrogen (secondary N) is 1. The van der Waals surface area contributed by atoms with Crippen LogP contribution in [-0.2, 0) is 4.79 Å². The highest BCUT2D eigenvalue weighted by atomic mass is 16.5. The molecule has 2 aromatic carbocycles. The van der Waals surface area contributed by atoms with Gasteiger partial charge in [-0.15, -0.1) is 0 Å². The van der Waals surface area contributed by atoms with Crippen LogP contribution in [0.3, 0.4) is 0 Å². The molecular weight excluding hydrogens is 314 g/mol. The third-order valence-corrected chi connectivity index (χ3v) is 4.01. The fraction of sp³-hybridized carbons (Fsp3) is 0.381. The Kier molecular flexibility index (Phi) is 6.45. The van der Waals surface area contributed by atoms with Crippen LogP contribution >= 0.6 is 0 Å². The van der Waals surface area contributed by atoms with Crippen LogP contribution in [0.5, 0.6) is 11.5 Å². The Hall–Kier alpha value is -2.49. The summed E-state index contributed by atoms with van der Waals surface area (Å²) in [5.41, 5.74) is 4.44. The van der Waals surface area contributed by atoms with Crippen molar-refractivity contribution in [1.82, 2.24) is 5.32 Å². The van der Waals surface area contributed by atoms with Crippen LogP contribution in [0.15, 0.2) is 36.4 Å². The lowest BCUT2D eigenvalue weighted by atomic mass is 10.1. The highest BCUT2D eigenvalue weighted by molar-refractivity contribution is 5.80. The van der Waals surface area contributed by atoms with Gasteiger partial charge in [-0.3, -0.25) is 4.79 Å². The minimum atomic E-state index is -0.554. The van der Waals surface area contributed by atoms with Crippen molar-refractivity contribution in [2.75, 3.05) is 13.2 Å². The molecule has 1 amide bonds. The highest BCUT2D eigenvalue weighted by Crippen LogP contribution is 2.20. The van der Waals surface area contributed by atoms with Crippen molar-refractivity contribution in [2.24, 2.45) is 0 Å². The van der Waals surface area contributed by atoms with Gasteiger partial charge in [-0.1, -0.05) is 29.8 Å². The number of carbonyl (C=O) groups is 1. The Morgan fingerprint density at radius 3 is 2.36 bits per heavy atom. The van der Waals surface area contributed by atoms with E-state index in [0.29, 0.717) is 13.2 Å². The quantitative estimate of drug-likeness (QED) is 0.778. The summed E-state index contributed by atoms with van der Waals surface area (Å²) in [7, 11) is 0. The third-order valence-electron chi connectivity index (χ3n) is 4.01. The average Bonchev–Trinajstić information content (AvgIpc) is 2.56. The molecule has 4 heteroatoms. The molecule has 0 saturated heterocycles. The van der Waals surface area contributed by atoms with Gasteiger partial charge in [0.15, 0.2) is 6.10 Å². The molecule has 0 saturated carbocycles. The molecule has 0 fully saturated rings. The van der Waals surface area contributed by atoms with Gasteiger partial charge in [-0.2, -0.15) is 0 Å². The van der Waals surface area contributed by atoms with E-state index >= 15 is 0 Å². The molecule has 0 aliphatic rings. The molecule has 134 valence electrons. The van der Waals surface area contributed by atoms with Crippen LogP contribution in [-0.4, -0.2) is 25.2 Å². The summed E-state index contributed by atoms with van der Waals surface area (Å²) in [6.07, 6.45) is -0.554. The fourth-order valence-corrected chi connectivity index (χ4v) is 2.52. The van der Waals surface area contributed by atoms with Crippen molar-refractivity contribution in [3.8, 4) is 11.5 Å². The molecule has 1 N–H and O–H groups in total. The summed E-state index contributed by atoms with van der Waals surface area (Å²) in [6, 6.07) is 12.0. The van der Waals surface area contributed by atoms with Crippen molar-refractivity contribution >= 4 is 5.91 Å². The van der Waals surface area contributed by atoms with Crippen LogP contribution in [0.25, 0.3) is 0 Å². The first kappa shape index (κ1) is 18.8. The van der Waals surface area contributed by atoms with Crippen molar-refractivity contribution in [2.45, 2.75) is 40.7 Å². The zero-order valence-electron chi connectivity index (χ0n) is 15.7.